The van der Waals surface area contributed by atoms with E-state index < -0.39 is 5.91 Å². The first-order valence-electron chi connectivity index (χ1n) is 11.9. The summed E-state index contributed by atoms with van der Waals surface area (Å²) in [6.07, 6.45) is 1.58. The number of ether oxygens (including phenoxy) is 2. The smallest absolute Gasteiger partial charge is 0.307 e. The van der Waals surface area contributed by atoms with Crippen LogP contribution in [0.25, 0.3) is 16.5 Å². The van der Waals surface area contributed by atoms with Gasteiger partial charge in [0.25, 0.3) is 0 Å². The molecule has 7 heteroatoms. The molecule has 1 N–H and O–H groups in total. The largest absolute Gasteiger partial charge is 0.496 e. The predicted octanol–water partition coefficient (Wildman–Crippen LogP) is 6.19. The summed E-state index contributed by atoms with van der Waals surface area (Å²) in [7, 11) is 1.60. The Labute approximate surface area is 214 Å². The van der Waals surface area contributed by atoms with E-state index in [0.29, 0.717) is 17.3 Å². The Morgan fingerprint density at radius 2 is 1.70 bits per heavy atom. The molecule has 3 aromatic carbocycles. The number of rotatable bonds is 8. The van der Waals surface area contributed by atoms with Gasteiger partial charge in [0.15, 0.2) is 5.76 Å². The van der Waals surface area contributed by atoms with Crippen LogP contribution in [0.2, 0.25) is 0 Å². The minimum Gasteiger partial charge on any atom is -0.496 e. The number of nitrogens with zero attached hydrogens (tertiary/aromatic N) is 2. The van der Waals surface area contributed by atoms with Crippen molar-refractivity contribution in [3.05, 3.63) is 113 Å². The standard InChI is InChI=1S/C30H27N3O4/c1-20-8-9-21(2)33(20)23-11-13-24(14-12-23)36-19-25-15-17-29(37-25)30(34)32-31-18-27-26-7-5-4-6-22(26)10-16-28(27)35-3/h4-18H,19H2,1-3H3,(H,32,34)/b31-18+. The van der Waals surface area contributed by atoms with Crippen molar-refractivity contribution < 1.29 is 18.7 Å². The molecule has 0 aliphatic rings. The van der Waals surface area contributed by atoms with Crippen molar-refractivity contribution in [3.8, 4) is 17.2 Å². The maximum Gasteiger partial charge on any atom is 0.307 e. The number of benzene rings is 3. The molecular formula is C30H27N3O4. The number of hydrogen-bond acceptors (Lipinski definition) is 5. The zero-order valence-corrected chi connectivity index (χ0v) is 20.9. The maximum absolute atomic E-state index is 12.6. The first-order chi connectivity index (χ1) is 18.0. The fraction of sp³-hybridized carbons (Fsp3) is 0.133. The van der Waals surface area contributed by atoms with Crippen LogP contribution in [0.3, 0.4) is 0 Å². The van der Waals surface area contributed by atoms with Crippen LogP contribution >= 0.6 is 0 Å². The summed E-state index contributed by atoms with van der Waals surface area (Å²) in [6.45, 7) is 4.35. The van der Waals surface area contributed by atoms with Gasteiger partial charge in [0.2, 0.25) is 0 Å². The van der Waals surface area contributed by atoms with Crippen LogP contribution in [-0.4, -0.2) is 23.8 Å². The van der Waals surface area contributed by atoms with E-state index in [4.69, 9.17) is 13.9 Å². The number of furan rings is 1. The summed E-state index contributed by atoms with van der Waals surface area (Å²) >= 11 is 0. The van der Waals surface area contributed by atoms with E-state index in [9.17, 15) is 4.79 Å². The summed E-state index contributed by atoms with van der Waals surface area (Å²) in [5.74, 6) is 1.60. The molecule has 2 heterocycles. The first kappa shape index (κ1) is 23.9. The Kier molecular flexibility index (Phi) is 6.76. The number of nitrogens with one attached hydrogen (secondary N) is 1. The number of carbonyl (C=O) groups is 1. The monoisotopic (exact) mass is 493 g/mol. The van der Waals surface area contributed by atoms with E-state index in [1.54, 1.807) is 25.5 Å². The van der Waals surface area contributed by atoms with Crippen LogP contribution in [0.4, 0.5) is 0 Å². The van der Waals surface area contributed by atoms with Crippen molar-refractivity contribution in [1.82, 2.24) is 9.99 Å². The highest BCUT2D eigenvalue weighted by Crippen LogP contribution is 2.26. The Balaban J connectivity index is 1.20. The third kappa shape index (κ3) is 5.11. The molecule has 37 heavy (non-hydrogen) atoms. The highest BCUT2D eigenvalue weighted by Gasteiger charge is 2.12. The van der Waals surface area contributed by atoms with Gasteiger partial charge in [-0.15, -0.1) is 0 Å². The number of carbonyl (C=O) groups excluding carboxylic acids is 1. The Hall–Kier alpha value is -4.78. The highest BCUT2D eigenvalue weighted by molar-refractivity contribution is 6.03. The van der Waals surface area contributed by atoms with Gasteiger partial charge in [-0.2, -0.15) is 5.10 Å². The van der Waals surface area contributed by atoms with E-state index in [2.05, 4.69) is 41.1 Å². The van der Waals surface area contributed by atoms with Crippen molar-refractivity contribution in [2.24, 2.45) is 5.10 Å². The van der Waals surface area contributed by atoms with Crippen LogP contribution in [0.5, 0.6) is 11.5 Å². The fourth-order valence-corrected chi connectivity index (χ4v) is 4.30. The van der Waals surface area contributed by atoms with Gasteiger partial charge in [-0.25, -0.2) is 5.43 Å². The van der Waals surface area contributed by atoms with Crippen molar-refractivity contribution >= 4 is 22.9 Å². The Morgan fingerprint density at radius 1 is 0.946 bits per heavy atom. The lowest BCUT2D eigenvalue weighted by atomic mass is 10.0. The topological polar surface area (TPSA) is 78.0 Å². The third-order valence-corrected chi connectivity index (χ3v) is 6.14. The highest BCUT2D eigenvalue weighted by atomic mass is 16.5. The molecule has 5 rings (SSSR count). The number of hydrogen-bond donors (Lipinski definition) is 1. The van der Waals surface area contributed by atoms with Crippen molar-refractivity contribution in [2.75, 3.05) is 7.11 Å². The van der Waals surface area contributed by atoms with E-state index in [1.807, 2.05) is 60.7 Å². The molecule has 0 fully saturated rings. The Bertz CT molecular complexity index is 1560. The lowest BCUT2D eigenvalue weighted by molar-refractivity contribution is 0.0923. The third-order valence-electron chi connectivity index (χ3n) is 6.14. The average Bonchev–Trinajstić information content (AvgIpc) is 3.54. The van der Waals surface area contributed by atoms with E-state index in [1.165, 1.54) is 11.4 Å². The molecule has 0 aliphatic carbocycles. The molecule has 0 spiro atoms. The number of aromatic nitrogens is 1. The Morgan fingerprint density at radius 3 is 2.46 bits per heavy atom. The molecule has 0 saturated carbocycles. The van der Waals surface area contributed by atoms with Crippen molar-refractivity contribution in [1.29, 1.82) is 0 Å². The SMILES string of the molecule is COc1ccc2ccccc2c1/C=N/NC(=O)c1ccc(COc2ccc(-n3c(C)ccc3C)cc2)o1. The number of aryl methyl sites for hydroxylation is 2. The van der Waals surface area contributed by atoms with Crippen LogP contribution in [0.1, 0.15) is 33.3 Å². The summed E-state index contributed by atoms with van der Waals surface area (Å²) in [5, 5.41) is 6.15. The number of hydrazone groups is 1. The van der Waals surface area contributed by atoms with Crippen molar-refractivity contribution in [3.63, 3.8) is 0 Å². The normalized spacial score (nSPS) is 11.2. The molecule has 5 aromatic rings. The van der Waals surface area contributed by atoms with Gasteiger partial charge in [-0.1, -0.05) is 30.3 Å². The zero-order chi connectivity index (χ0) is 25.8. The summed E-state index contributed by atoms with van der Waals surface area (Å²) in [6, 6.07) is 27.1. The van der Waals surface area contributed by atoms with Gasteiger partial charge in [0, 0.05) is 22.6 Å². The maximum atomic E-state index is 12.6. The van der Waals surface area contributed by atoms with Crippen LogP contribution in [0.15, 0.2) is 94.4 Å². The zero-order valence-electron chi connectivity index (χ0n) is 20.9. The van der Waals surface area contributed by atoms with Gasteiger partial charge >= 0.3 is 5.91 Å². The average molecular weight is 494 g/mol. The van der Waals surface area contributed by atoms with Crippen molar-refractivity contribution in [2.45, 2.75) is 20.5 Å². The summed E-state index contributed by atoms with van der Waals surface area (Å²) < 4.78 is 19.1. The summed E-state index contributed by atoms with van der Waals surface area (Å²) in [5.41, 5.74) is 6.72. The molecule has 0 bridgehead atoms. The van der Waals surface area contributed by atoms with Gasteiger partial charge in [0.1, 0.15) is 23.9 Å². The van der Waals surface area contributed by atoms with Crippen LogP contribution < -0.4 is 14.9 Å². The molecular weight excluding hydrogens is 466 g/mol. The molecule has 0 saturated heterocycles. The first-order valence-corrected chi connectivity index (χ1v) is 11.9. The lowest BCUT2D eigenvalue weighted by Gasteiger charge is -2.10. The molecule has 0 atom stereocenters. The minimum absolute atomic E-state index is 0.148. The molecule has 0 aliphatic heterocycles. The van der Waals surface area contributed by atoms with Gasteiger partial charge in [-0.3, -0.25) is 4.79 Å². The van der Waals surface area contributed by atoms with E-state index >= 15 is 0 Å². The molecule has 2 aromatic heterocycles. The quantitative estimate of drug-likeness (QED) is 0.206. The number of methoxy groups -OCH3 is 1. The summed E-state index contributed by atoms with van der Waals surface area (Å²) in [4.78, 5) is 12.6. The number of fused-ring (bicyclic) bond motifs is 1. The van der Waals surface area contributed by atoms with Gasteiger partial charge < -0.3 is 18.5 Å². The van der Waals surface area contributed by atoms with Crippen LogP contribution in [0, 0.1) is 13.8 Å². The molecule has 1 amide bonds. The van der Waals surface area contributed by atoms with Crippen LogP contribution in [-0.2, 0) is 6.61 Å². The molecule has 0 unspecified atom stereocenters. The van der Waals surface area contributed by atoms with E-state index in [-0.39, 0.29) is 12.4 Å². The van der Waals surface area contributed by atoms with E-state index in [0.717, 1.165) is 22.0 Å². The lowest BCUT2D eigenvalue weighted by Crippen LogP contribution is -2.17. The second-order valence-electron chi connectivity index (χ2n) is 8.60. The predicted molar refractivity (Wildman–Crippen MR) is 144 cm³/mol. The van der Waals surface area contributed by atoms with Gasteiger partial charge in [0.05, 0.1) is 13.3 Å². The van der Waals surface area contributed by atoms with Gasteiger partial charge in [-0.05, 0) is 79.2 Å². The number of amides is 1. The fourth-order valence-electron chi connectivity index (χ4n) is 4.30. The minimum atomic E-state index is -0.455. The second kappa shape index (κ2) is 10.5. The molecule has 186 valence electrons. The molecule has 0 radical (unpaired) electrons. The molecule has 7 nitrogen and oxygen atoms in total. The second-order valence-corrected chi connectivity index (χ2v) is 8.60.